The number of hydrogen-bond donors (Lipinski definition) is 2. The topological polar surface area (TPSA) is 40.5 Å². The Balaban J connectivity index is 2.45. The van der Waals surface area contributed by atoms with E-state index in [1.54, 1.807) is 0 Å². The summed E-state index contributed by atoms with van der Waals surface area (Å²) in [6.07, 6.45) is 8.68. The van der Waals surface area contributed by atoms with Crippen molar-refractivity contribution in [2.24, 2.45) is 11.8 Å². The highest BCUT2D eigenvalue weighted by Crippen LogP contribution is 2.35. The largest absolute Gasteiger partial charge is 0.393 e. The summed E-state index contributed by atoms with van der Waals surface area (Å²) in [5.74, 6) is 1.26. The van der Waals surface area contributed by atoms with Gasteiger partial charge in [-0.05, 0) is 44.4 Å². The molecule has 96 valence electrons. The highest BCUT2D eigenvalue weighted by atomic mass is 16.3. The lowest BCUT2D eigenvalue weighted by Gasteiger charge is -2.33. The van der Waals surface area contributed by atoms with Gasteiger partial charge in [-0.1, -0.05) is 32.6 Å². The first-order chi connectivity index (χ1) is 7.63. The van der Waals surface area contributed by atoms with Crippen molar-refractivity contribution < 1.29 is 10.2 Å². The SMILES string of the molecule is CCCC[C@H](C[C@H](C)O)C1CCCC(O)C1. The van der Waals surface area contributed by atoms with Gasteiger partial charge in [0.15, 0.2) is 0 Å². The second-order valence-corrected chi connectivity index (χ2v) is 5.57. The molecule has 0 heterocycles. The summed E-state index contributed by atoms with van der Waals surface area (Å²) in [4.78, 5) is 0. The second-order valence-electron chi connectivity index (χ2n) is 5.57. The molecule has 0 spiro atoms. The number of unbranched alkanes of at least 4 members (excludes halogenated alkanes) is 1. The average Bonchev–Trinajstić information content (AvgIpc) is 2.23. The first-order valence-electron chi connectivity index (χ1n) is 6.99. The summed E-state index contributed by atoms with van der Waals surface area (Å²) in [5, 5.41) is 19.3. The second kappa shape index (κ2) is 7.29. The van der Waals surface area contributed by atoms with Crippen molar-refractivity contribution in [3.8, 4) is 0 Å². The highest BCUT2D eigenvalue weighted by molar-refractivity contribution is 4.79. The highest BCUT2D eigenvalue weighted by Gasteiger charge is 2.27. The zero-order valence-corrected chi connectivity index (χ0v) is 10.9. The molecule has 2 nitrogen and oxygen atoms in total. The van der Waals surface area contributed by atoms with Crippen LogP contribution in [0.15, 0.2) is 0 Å². The Morgan fingerprint density at radius 3 is 2.62 bits per heavy atom. The van der Waals surface area contributed by atoms with E-state index in [1.807, 2.05) is 6.92 Å². The van der Waals surface area contributed by atoms with E-state index in [2.05, 4.69) is 6.92 Å². The Morgan fingerprint density at radius 1 is 1.31 bits per heavy atom. The minimum atomic E-state index is -0.194. The van der Waals surface area contributed by atoms with Gasteiger partial charge in [0.25, 0.3) is 0 Å². The molecule has 2 unspecified atom stereocenters. The number of hydrogen-bond acceptors (Lipinski definition) is 2. The van der Waals surface area contributed by atoms with Gasteiger partial charge in [-0.25, -0.2) is 0 Å². The van der Waals surface area contributed by atoms with E-state index in [0.717, 1.165) is 25.7 Å². The molecule has 16 heavy (non-hydrogen) atoms. The first-order valence-corrected chi connectivity index (χ1v) is 6.99. The molecule has 0 aromatic heterocycles. The Hall–Kier alpha value is -0.0800. The van der Waals surface area contributed by atoms with Crippen LogP contribution in [0.3, 0.4) is 0 Å². The fourth-order valence-corrected chi connectivity index (χ4v) is 3.08. The Bertz CT molecular complexity index is 180. The lowest BCUT2D eigenvalue weighted by Crippen LogP contribution is -2.27. The summed E-state index contributed by atoms with van der Waals surface area (Å²) in [6.45, 7) is 4.10. The Morgan fingerprint density at radius 2 is 2.06 bits per heavy atom. The van der Waals surface area contributed by atoms with Crippen molar-refractivity contribution in [3.05, 3.63) is 0 Å². The molecule has 0 amide bonds. The molecule has 1 saturated carbocycles. The molecule has 1 rings (SSSR count). The van der Waals surface area contributed by atoms with E-state index < -0.39 is 0 Å². The zero-order chi connectivity index (χ0) is 12.0. The third-order valence-electron chi connectivity index (χ3n) is 3.93. The van der Waals surface area contributed by atoms with Gasteiger partial charge in [-0.15, -0.1) is 0 Å². The van der Waals surface area contributed by atoms with Crippen molar-refractivity contribution in [1.29, 1.82) is 0 Å². The van der Waals surface area contributed by atoms with Crippen LogP contribution in [-0.2, 0) is 0 Å². The maximum atomic E-state index is 9.73. The molecular formula is C14H28O2. The smallest absolute Gasteiger partial charge is 0.0543 e. The third-order valence-corrected chi connectivity index (χ3v) is 3.93. The van der Waals surface area contributed by atoms with Crippen molar-refractivity contribution in [1.82, 2.24) is 0 Å². The molecule has 1 aliphatic rings. The molecule has 0 aromatic carbocycles. The van der Waals surface area contributed by atoms with Crippen LogP contribution in [0.1, 0.15) is 65.2 Å². The van der Waals surface area contributed by atoms with Crippen LogP contribution in [-0.4, -0.2) is 22.4 Å². The summed E-state index contributed by atoms with van der Waals surface area (Å²) in [5.41, 5.74) is 0. The number of aliphatic hydroxyl groups is 2. The first kappa shape index (κ1) is 14.0. The molecule has 0 saturated heterocycles. The van der Waals surface area contributed by atoms with Gasteiger partial charge in [0.05, 0.1) is 12.2 Å². The minimum Gasteiger partial charge on any atom is -0.393 e. The quantitative estimate of drug-likeness (QED) is 0.733. The maximum absolute atomic E-state index is 9.73. The van der Waals surface area contributed by atoms with E-state index in [-0.39, 0.29) is 12.2 Å². The average molecular weight is 228 g/mol. The number of rotatable bonds is 6. The molecule has 0 aromatic rings. The molecule has 0 bridgehead atoms. The lowest BCUT2D eigenvalue weighted by atomic mass is 9.75. The van der Waals surface area contributed by atoms with Gasteiger partial charge in [0.1, 0.15) is 0 Å². The van der Waals surface area contributed by atoms with E-state index in [9.17, 15) is 10.2 Å². The van der Waals surface area contributed by atoms with Crippen LogP contribution in [0.25, 0.3) is 0 Å². The molecule has 1 aliphatic carbocycles. The van der Waals surface area contributed by atoms with Crippen LogP contribution in [0.4, 0.5) is 0 Å². The fraction of sp³-hybridized carbons (Fsp3) is 1.00. The normalized spacial score (nSPS) is 30.0. The Kier molecular flexibility index (Phi) is 6.37. The minimum absolute atomic E-state index is 0.0862. The van der Waals surface area contributed by atoms with Crippen LogP contribution < -0.4 is 0 Å². The van der Waals surface area contributed by atoms with Crippen LogP contribution in [0.2, 0.25) is 0 Å². The van der Waals surface area contributed by atoms with Gasteiger partial charge in [-0.3, -0.25) is 0 Å². The molecule has 0 aliphatic heterocycles. The van der Waals surface area contributed by atoms with Crippen molar-refractivity contribution >= 4 is 0 Å². The van der Waals surface area contributed by atoms with Crippen molar-refractivity contribution in [2.75, 3.05) is 0 Å². The predicted molar refractivity (Wildman–Crippen MR) is 67.3 cm³/mol. The standard InChI is InChI=1S/C14H28O2/c1-3-4-6-12(9-11(2)15)13-7-5-8-14(16)10-13/h11-16H,3-10H2,1-2H3/t11-,12+,13?,14?/m0/s1. The van der Waals surface area contributed by atoms with Gasteiger partial charge < -0.3 is 10.2 Å². The Labute approximate surface area is 100 Å². The van der Waals surface area contributed by atoms with E-state index in [0.29, 0.717) is 11.8 Å². The monoisotopic (exact) mass is 228 g/mol. The van der Waals surface area contributed by atoms with Crippen LogP contribution in [0.5, 0.6) is 0 Å². The van der Waals surface area contributed by atoms with Crippen LogP contribution in [0, 0.1) is 11.8 Å². The van der Waals surface area contributed by atoms with E-state index >= 15 is 0 Å². The van der Waals surface area contributed by atoms with Crippen LogP contribution >= 0.6 is 0 Å². The zero-order valence-electron chi connectivity index (χ0n) is 10.9. The molecule has 4 atom stereocenters. The third kappa shape index (κ3) is 4.84. The predicted octanol–water partition coefficient (Wildman–Crippen LogP) is 3.11. The van der Waals surface area contributed by atoms with E-state index in [4.69, 9.17) is 0 Å². The van der Waals surface area contributed by atoms with Crippen molar-refractivity contribution in [2.45, 2.75) is 77.4 Å². The molecular weight excluding hydrogens is 200 g/mol. The fourth-order valence-electron chi connectivity index (χ4n) is 3.08. The van der Waals surface area contributed by atoms with E-state index in [1.165, 1.54) is 25.7 Å². The number of aliphatic hydroxyl groups excluding tert-OH is 2. The molecule has 2 heteroatoms. The summed E-state index contributed by atoms with van der Waals surface area (Å²) < 4.78 is 0. The molecule has 1 fully saturated rings. The summed E-state index contributed by atoms with van der Waals surface area (Å²) in [7, 11) is 0. The summed E-state index contributed by atoms with van der Waals surface area (Å²) in [6, 6.07) is 0. The maximum Gasteiger partial charge on any atom is 0.0543 e. The van der Waals surface area contributed by atoms with Gasteiger partial charge in [0, 0.05) is 0 Å². The van der Waals surface area contributed by atoms with Gasteiger partial charge >= 0.3 is 0 Å². The molecule has 2 N–H and O–H groups in total. The van der Waals surface area contributed by atoms with Crippen molar-refractivity contribution in [3.63, 3.8) is 0 Å². The van der Waals surface area contributed by atoms with Gasteiger partial charge in [0.2, 0.25) is 0 Å². The summed E-state index contributed by atoms with van der Waals surface area (Å²) >= 11 is 0. The van der Waals surface area contributed by atoms with Gasteiger partial charge in [-0.2, -0.15) is 0 Å². The lowest BCUT2D eigenvalue weighted by molar-refractivity contribution is 0.0582. The molecule has 0 radical (unpaired) electrons.